The third-order valence-electron chi connectivity index (χ3n) is 6.50. The summed E-state index contributed by atoms with van der Waals surface area (Å²) >= 11 is 0. The molecule has 2 fully saturated rings. The first kappa shape index (κ1) is 21.1. The lowest BCUT2D eigenvalue weighted by molar-refractivity contribution is -0.171. The predicted octanol–water partition coefficient (Wildman–Crippen LogP) is 3.86. The molecule has 0 aromatic heterocycles. The molecule has 4 unspecified atom stereocenters. The summed E-state index contributed by atoms with van der Waals surface area (Å²) in [6.45, 7) is 6.80. The van der Waals surface area contributed by atoms with Crippen molar-refractivity contribution in [3.05, 3.63) is 0 Å². The Labute approximate surface area is 154 Å². The summed E-state index contributed by atoms with van der Waals surface area (Å²) in [5.41, 5.74) is 0. The van der Waals surface area contributed by atoms with Gasteiger partial charge in [-0.2, -0.15) is 0 Å². The minimum atomic E-state index is -0.658. The number of aliphatic hydroxyl groups is 3. The highest BCUT2D eigenvalue weighted by Gasteiger charge is 2.33. The summed E-state index contributed by atoms with van der Waals surface area (Å²) < 4.78 is 6.04. The van der Waals surface area contributed by atoms with Crippen LogP contribution in [0.5, 0.6) is 0 Å². The lowest BCUT2D eigenvalue weighted by Crippen LogP contribution is -2.37. The second kappa shape index (κ2) is 10.2. The van der Waals surface area contributed by atoms with Gasteiger partial charge in [0.1, 0.15) is 0 Å². The fourth-order valence-electron chi connectivity index (χ4n) is 4.79. The Morgan fingerprint density at radius 3 is 2.44 bits per heavy atom. The predicted molar refractivity (Wildman–Crippen MR) is 100 cm³/mol. The highest BCUT2D eigenvalue weighted by atomic mass is 16.6. The maximum atomic E-state index is 10.3. The molecule has 0 aromatic carbocycles. The molecule has 2 saturated carbocycles. The van der Waals surface area contributed by atoms with Crippen molar-refractivity contribution in [1.29, 1.82) is 0 Å². The van der Waals surface area contributed by atoms with Gasteiger partial charge in [-0.15, -0.1) is 0 Å². The average molecular weight is 357 g/mol. The van der Waals surface area contributed by atoms with Gasteiger partial charge in [0.15, 0.2) is 6.29 Å². The second-order valence-electron chi connectivity index (χ2n) is 9.03. The zero-order valence-electron chi connectivity index (χ0n) is 16.4. The van der Waals surface area contributed by atoms with Gasteiger partial charge in [-0.05, 0) is 75.0 Å². The Bertz CT molecular complexity index is 373. The highest BCUT2D eigenvalue weighted by Crippen LogP contribution is 2.36. The molecule has 3 N–H and O–H groups in total. The molecule has 2 aliphatic carbocycles. The van der Waals surface area contributed by atoms with Crippen molar-refractivity contribution < 1.29 is 20.1 Å². The SMILES string of the molecule is CC(C)C1CC[C@@H](C)C[C@H]1OC(O)CCCC[C@H]1CCC(O)CC1O. The Kier molecular flexibility index (Phi) is 8.67. The Morgan fingerprint density at radius 2 is 1.76 bits per heavy atom. The van der Waals surface area contributed by atoms with Gasteiger partial charge in [-0.25, -0.2) is 0 Å². The van der Waals surface area contributed by atoms with E-state index < -0.39 is 6.29 Å². The van der Waals surface area contributed by atoms with Crippen molar-refractivity contribution in [3.63, 3.8) is 0 Å². The van der Waals surface area contributed by atoms with E-state index in [0.29, 0.717) is 36.5 Å². The molecular formula is C21H40O4. The Hall–Kier alpha value is -0.160. The molecule has 7 atom stereocenters. The van der Waals surface area contributed by atoms with Gasteiger partial charge in [0.2, 0.25) is 0 Å². The summed E-state index contributed by atoms with van der Waals surface area (Å²) in [4.78, 5) is 0. The van der Waals surface area contributed by atoms with Gasteiger partial charge < -0.3 is 20.1 Å². The number of hydrogen-bond acceptors (Lipinski definition) is 4. The first-order chi connectivity index (χ1) is 11.9. The molecule has 0 amide bonds. The lowest BCUT2D eigenvalue weighted by atomic mass is 9.75. The van der Waals surface area contributed by atoms with E-state index in [1.807, 2.05) is 0 Å². The number of ether oxygens (including phenoxy) is 1. The van der Waals surface area contributed by atoms with Gasteiger partial charge in [-0.3, -0.25) is 0 Å². The van der Waals surface area contributed by atoms with Gasteiger partial charge in [0.25, 0.3) is 0 Å². The van der Waals surface area contributed by atoms with Gasteiger partial charge >= 0.3 is 0 Å². The average Bonchev–Trinajstić information content (AvgIpc) is 2.53. The van der Waals surface area contributed by atoms with E-state index in [1.54, 1.807) is 0 Å². The number of rotatable bonds is 8. The van der Waals surface area contributed by atoms with Crippen LogP contribution in [-0.4, -0.2) is 39.9 Å². The van der Waals surface area contributed by atoms with Crippen LogP contribution < -0.4 is 0 Å². The third kappa shape index (κ3) is 6.82. The zero-order chi connectivity index (χ0) is 18.4. The van der Waals surface area contributed by atoms with Crippen molar-refractivity contribution in [2.45, 2.75) is 110 Å². The van der Waals surface area contributed by atoms with E-state index in [2.05, 4.69) is 20.8 Å². The summed E-state index contributed by atoms with van der Waals surface area (Å²) in [6.07, 6.45) is 8.25. The van der Waals surface area contributed by atoms with Crippen LogP contribution in [-0.2, 0) is 4.74 Å². The third-order valence-corrected chi connectivity index (χ3v) is 6.50. The maximum Gasteiger partial charge on any atom is 0.154 e. The van der Waals surface area contributed by atoms with E-state index in [9.17, 15) is 15.3 Å². The minimum absolute atomic E-state index is 0.195. The molecular weight excluding hydrogens is 316 g/mol. The molecule has 2 aliphatic rings. The molecule has 0 heterocycles. The van der Waals surface area contributed by atoms with Crippen LogP contribution in [0.1, 0.15) is 85.0 Å². The minimum Gasteiger partial charge on any atom is -0.393 e. The summed E-state index contributed by atoms with van der Waals surface area (Å²) in [6, 6.07) is 0. The molecule has 0 bridgehead atoms. The fraction of sp³-hybridized carbons (Fsp3) is 1.00. The summed E-state index contributed by atoms with van der Waals surface area (Å²) in [5.74, 6) is 2.17. The first-order valence-corrected chi connectivity index (χ1v) is 10.6. The Balaban J connectivity index is 1.65. The molecule has 4 nitrogen and oxygen atoms in total. The van der Waals surface area contributed by atoms with E-state index in [-0.39, 0.29) is 18.3 Å². The van der Waals surface area contributed by atoms with Crippen LogP contribution in [0.4, 0.5) is 0 Å². The van der Waals surface area contributed by atoms with Gasteiger partial charge in [-0.1, -0.05) is 33.6 Å². The molecule has 0 aliphatic heterocycles. The fourth-order valence-corrected chi connectivity index (χ4v) is 4.79. The standard InChI is InChI=1S/C21H40O4/c1-14(2)18-11-8-15(3)12-20(18)25-21(24)7-5-4-6-16-9-10-17(22)13-19(16)23/h14-24H,4-13H2,1-3H3/t15-,16+,17?,18?,19?,20-,21?/m1/s1. The highest BCUT2D eigenvalue weighted by molar-refractivity contribution is 4.82. The molecule has 0 spiro atoms. The van der Waals surface area contributed by atoms with Crippen LogP contribution in [0.25, 0.3) is 0 Å². The molecule has 148 valence electrons. The van der Waals surface area contributed by atoms with Crippen LogP contribution in [0.3, 0.4) is 0 Å². The smallest absolute Gasteiger partial charge is 0.154 e. The monoisotopic (exact) mass is 356 g/mol. The largest absolute Gasteiger partial charge is 0.393 e. The van der Waals surface area contributed by atoms with Crippen molar-refractivity contribution in [1.82, 2.24) is 0 Å². The van der Waals surface area contributed by atoms with Gasteiger partial charge in [0, 0.05) is 0 Å². The molecule has 4 heteroatoms. The van der Waals surface area contributed by atoms with E-state index in [1.165, 1.54) is 12.8 Å². The molecule has 25 heavy (non-hydrogen) atoms. The number of unbranched alkanes of at least 4 members (excludes halogenated alkanes) is 1. The quantitative estimate of drug-likeness (QED) is 0.456. The molecule has 0 saturated heterocycles. The van der Waals surface area contributed by atoms with Crippen molar-refractivity contribution in [3.8, 4) is 0 Å². The van der Waals surface area contributed by atoms with Crippen LogP contribution in [0, 0.1) is 23.7 Å². The second-order valence-corrected chi connectivity index (χ2v) is 9.03. The normalized spacial score (nSPS) is 38.0. The summed E-state index contributed by atoms with van der Waals surface area (Å²) in [5, 5.41) is 29.9. The lowest BCUT2D eigenvalue weighted by Gasteiger charge is -2.38. The molecule has 0 aromatic rings. The van der Waals surface area contributed by atoms with E-state index >= 15 is 0 Å². The number of aliphatic hydroxyl groups excluding tert-OH is 3. The van der Waals surface area contributed by atoms with Crippen LogP contribution in [0.2, 0.25) is 0 Å². The van der Waals surface area contributed by atoms with Crippen molar-refractivity contribution in [2.24, 2.45) is 23.7 Å². The van der Waals surface area contributed by atoms with E-state index in [4.69, 9.17) is 4.74 Å². The topological polar surface area (TPSA) is 69.9 Å². The van der Waals surface area contributed by atoms with Gasteiger partial charge in [0.05, 0.1) is 18.3 Å². The molecule has 2 rings (SSSR count). The first-order valence-electron chi connectivity index (χ1n) is 10.6. The van der Waals surface area contributed by atoms with Crippen LogP contribution in [0.15, 0.2) is 0 Å². The zero-order valence-corrected chi connectivity index (χ0v) is 16.4. The van der Waals surface area contributed by atoms with Crippen molar-refractivity contribution >= 4 is 0 Å². The summed E-state index contributed by atoms with van der Waals surface area (Å²) in [7, 11) is 0. The Morgan fingerprint density at radius 1 is 1.00 bits per heavy atom. The van der Waals surface area contributed by atoms with E-state index in [0.717, 1.165) is 38.5 Å². The van der Waals surface area contributed by atoms with Crippen LogP contribution >= 0.6 is 0 Å². The maximum absolute atomic E-state index is 10.3. The number of hydrogen-bond donors (Lipinski definition) is 3. The van der Waals surface area contributed by atoms with Crippen molar-refractivity contribution in [2.75, 3.05) is 0 Å². The molecule has 0 radical (unpaired) electrons.